The van der Waals surface area contributed by atoms with Gasteiger partial charge in [0, 0.05) is 98.6 Å². The predicted molar refractivity (Wildman–Crippen MR) is 271 cm³/mol. The Kier molecular flexibility index (Phi) is 30.7. The average Bonchev–Trinajstić information content (AvgIpc) is 3.43. The third kappa shape index (κ3) is 25.6. The third-order valence-corrected chi connectivity index (χ3v) is 10.0. The van der Waals surface area contributed by atoms with Crippen LogP contribution in [0.2, 0.25) is 0 Å². The molecule has 6 unspecified atom stereocenters. The molecule has 0 heterocycles. The molecule has 422 valence electrons. The summed E-state index contributed by atoms with van der Waals surface area (Å²) in [5.41, 5.74) is -10.8. The van der Waals surface area contributed by atoms with Crippen molar-refractivity contribution in [1.82, 2.24) is 0 Å². The van der Waals surface area contributed by atoms with Crippen LogP contribution in [-0.4, -0.2) is 146 Å². The van der Waals surface area contributed by atoms with Crippen LogP contribution >= 0.6 is 0 Å². The van der Waals surface area contributed by atoms with E-state index in [2.05, 4.69) is 78.9 Å². The standard InChI is InChI=1S/C54H62O24/c1-13-39(55)67-28-37(73-45(61)19-7)25-26-51(75-47(63)21-9,33-69-41(57)15-3)30-53(77-49(65)23-11,35-71-43(59)17-5)32-54(78-50(66)24-12,36-72-44(60)18-6)31-52(76-48(64)22-10,34-70-42(58)16-4)27-38(74-46(62)20-8)29-68-40(56)14-2/h13-24,37-38H,1-12,25-36H2. The summed E-state index contributed by atoms with van der Waals surface area (Å²) in [5.74, 6) is -14.6. The molecule has 0 fully saturated rings. The second-order valence-electron chi connectivity index (χ2n) is 15.9. The molecule has 24 heteroatoms. The number of carbonyl (C=O) groups is 12. The molecule has 24 nitrogen and oxygen atoms in total. The zero-order valence-electron chi connectivity index (χ0n) is 42.9. The summed E-state index contributed by atoms with van der Waals surface area (Å²) in [6.45, 7) is 34.0. The number of hydrogen-bond acceptors (Lipinski definition) is 24. The Bertz CT molecular complexity index is 2380. The van der Waals surface area contributed by atoms with Crippen LogP contribution in [0.4, 0.5) is 0 Å². The highest BCUT2D eigenvalue weighted by molar-refractivity contribution is 5.86. The van der Waals surface area contributed by atoms with Crippen molar-refractivity contribution in [3.05, 3.63) is 152 Å². The monoisotopic (exact) mass is 1090 g/mol. The number of hydrogen-bond donors (Lipinski definition) is 0. The largest absolute Gasteiger partial charge is 0.459 e. The van der Waals surface area contributed by atoms with E-state index in [4.69, 9.17) is 56.8 Å². The maximum Gasteiger partial charge on any atom is 0.330 e. The summed E-state index contributed by atoms with van der Waals surface area (Å²) in [6.07, 6.45) is -1.02. The van der Waals surface area contributed by atoms with Gasteiger partial charge in [-0.1, -0.05) is 78.9 Å². The topological polar surface area (TPSA) is 316 Å². The van der Waals surface area contributed by atoms with Gasteiger partial charge >= 0.3 is 71.6 Å². The molecule has 0 rings (SSSR count). The Morgan fingerprint density at radius 2 is 0.538 bits per heavy atom. The molecule has 0 saturated heterocycles. The lowest BCUT2D eigenvalue weighted by Gasteiger charge is -2.48. The summed E-state index contributed by atoms with van der Waals surface area (Å²) in [5, 5.41) is 0. The van der Waals surface area contributed by atoms with Gasteiger partial charge in [0.15, 0.2) is 22.4 Å². The average molecular weight is 1100 g/mol. The zero-order chi connectivity index (χ0) is 59.5. The highest BCUT2D eigenvalue weighted by atomic mass is 16.6. The van der Waals surface area contributed by atoms with Gasteiger partial charge < -0.3 is 56.8 Å². The lowest BCUT2D eigenvalue weighted by atomic mass is 9.73. The summed E-state index contributed by atoms with van der Waals surface area (Å²) >= 11 is 0. The maximum absolute atomic E-state index is 13.9. The van der Waals surface area contributed by atoms with E-state index in [1.807, 2.05) is 0 Å². The summed E-state index contributed by atoms with van der Waals surface area (Å²) in [4.78, 5) is 157. The zero-order valence-corrected chi connectivity index (χ0v) is 42.9. The van der Waals surface area contributed by atoms with Gasteiger partial charge in [0.25, 0.3) is 0 Å². The van der Waals surface area contributed by atoms with Crippen molar-refractivity contribution < 1.29 is 114 Å². The fourth-order valence-electron chi connectivity index (χ4n) is 7.02. The molecule has 6 atom stereocenters. The van der Waals surface area contributed by atoms with E-state index in [0.29, 0.717) is 54.7 Å². The molecular weight excluding hydrogens is 1030 g/mol. The van der Waals surface area contributed by atoms with E-state index in [1.165, 1.54) is 0 Å². The maximum atomic E-state index is 13.9. The molecule has 0 aromatic heterocycles. The number of rotatable bonds is 41. The molecule has 0 aromatic carbocycles. The number of carbonyl (C=O) groups excluding carboxylic acids is 12. The van der Waals surface area contributed by atoms with Crippen molar-refractivity contribution in [1.29, 1.82) is 0 Å². The summed E-state index contributed by atoms with van der Waals surface area (Å²) in [6, 6.07) is 0. The molecule has 0 saturated carbocycles. The fourth-order valence-corrected chi connectivity index (χ4v) is 7.02. The Balaban J connectivity index is 9.65. The highest BCUT2D eigenvalue weighted by Crippen LogP contribution is 2.44. The van der Waals surface area contributed by atoms with Crippen molar-refractivity contribution in [2.45, 2.75) is 73.1 Å². The van der Waals surface area contributed by atoms with Gasteiger partial charge in [-0.3, -0.25) is 0 Å². The minimum atomic E-state index is -2.84. The highest BCUT2D eigenvalue weighted by Gasteiger charge is 2.58. The smallest absolute Gasteiger partial charge is 0.330 e. The molecule has 0 aliphatic carbocycles. The molecule has 0 N–H and O–H groups in total. The van der Waals surface area contributed by atoms with Gasteiger partial charge in [0.2, 0.25) is 0 Å². The van der Waals surface area contributed by atoms with Gasteiger partial charge in [-0.05, 0) is 12.8 Å². The van der Waals surface area contributed by atoms with E-state index in [9.17, 15) is 57.5 Å². The van der Waals surface area contributed by atoms with Crippen molar-refractivity contribution >= 4 is 71.6 Å². The molecule has 0 aliphatic rings. The first kappa shape index (κ1) is 68.5. The first-order valence-corrected chi connectivity index (χ1v) is 22.7. The first-order chi connectivity index (χ1) is 36.8. The van der Waals surface area contributed by atoms with E-state index in [-0.39, 0.29) is 0 Å². The lowest BCUT2D eigenvalue weighted by Crippen LogP contribution is -2.60. The van der Waals surface area contributed by atoms with Crippen molar-refractivity contribution in [3.63, 3.8) is 0 Å². The van der Waals surface area contributed by atoms with Crippen LogP contribution in [-0.2, 0) is 114 Å². The fraction of sp³-hybridized carbons (Fsp3) is 0.333. The van der Waals surface area contributed by atoms with Crippen molar-refractivity contribution in [3.8, 4) is 0 Å². The normalized spacial score (nSPS) is 14.0. The molecule has 0 radical (unpaired) electrons. The molecule has 78 heavy (non-hydrogen) atoms. The van der Waals surface area contributed by atoms with E-state index in [0.717, 1.165) is 18.2 Å². The Labute approximate surface area is 449 Å². The molecular formula is C54H62O24. The van der Waals surface area contributed by atoms with Crippen LogP contribution in [0.15, 0.2) is 152 Å². The van der Waals surface area contributed by atoms with E-state index < -0.39 is 184 Å². The van der Waals surface area contributed by atoms with Gasteiger partial charge in [-0.25, -0.2) is 57.5 Å². The van der Waals surface area contributed by atoms with E-state index >= 15 is 0 Å². The minimum Gasteiger partial charge on any atom is -0.459 e. The van der Waals surface area contributed by atoms with Gasteiger partial charge in [0.05, 0.1) is 0 Å². The van der Waals surface area contributed by atoms with Crippen LogP contribution in [0.3, 0.4) is 0 Å². The van der Waals surface area contributed by atoms with Crippen molar-refractivity contribution in [2.24, 2.45) is 0 Å². The summed E-state index contributed by atoms with van der Waals surface area (Å²) < 4.78 is 67.0. The van der Waals surface area contributed by atoms with Gasteiger partial charge in [0.1, 0.15) is 51.8 Å². The van der Waals surface area contributed by atoms with Gasteiger partial charge in [-0.2, -0.15) is 0 Å². The van der Waals surface area contributed by atoms with Crippen LogP contribution in [0.25, 0.3) is 0 Å². The predicted octanol–water partition coefficient (Wildman–Crippen LogP) is 3.77. The lowest BCUT2D eigenvalue weighted by molar-refractivity contribution is -0.221. The first-order valence-electron chi connectivity index (χ1n) is 22.7. The number of esters is 12. The van der Waals surface area contributed by atoms with Crippen LogP contribution in [0.5, 0.6) is 0 Å². The Morgan fingerprint density at radius 3 is 0.885 bits per heavy atom. The SMILES string of the molecule is C=CC(=O)OCC(CCC(COC(=O)C=C)(CC(COC(=O)C=C)(CC(COC(=O)C=C)(CC(COC(=O)C=C)(CC(COC(=O)C=C)OC(=O)C=C)OC(=O)C=C)OC(=O)C=C)OC(=O)C=C)OC(=O)C=C)OC(=O)C=C. The molecule has 0 spiro atoms. The van der Waals surface area contributed by atoms with Crippen LogP contribution < -0.4 is 0 Å². The summed E-state index contributed by atoms with van der Waals surface area (Å²) in [7, 11) is 0. The van der Waals surface area contributed by atoms with Crippen LogP contribution in [0, 0.1) is 0 Å². The second kappa shape index (κ2) is 34.9. The van der Waals surface area contributed by atoms with Crippen molar-refractivity contribution in [2.75, 3.05) is 39.6 Å². The van der Waals surface area contributed by atoms with Crippen LogP contribution in [0.1, 0.15) is 38.5 Å². The quantitative estimate of drug-likeness (QED) is 0.0478. The third-order valence-electron chi connectivity index (χ3n) is 10.0. The molecule has 0 aliphatic heterocycles. The number of ether oxygens (including phenoxy) is 12. The molecule has 0 aromatic rings. The molecule has 0 bridgehead atoms. The minimum absolute atomic E-state index is 0.540. The van der Waals surface area contributed by atoms with E-state index in [1.54, 1.807) is 0 Å². The Hall–Kier alpha value is -9.48. The van der Waals surface area contributed by atoms with Gasteiger partial charge in [-0.15, -0.1) is 0 Å². The Morgan fingerprint density at radius 1 is 0.295 bits per heavy atom. The molecule has 0 amide bonds. The second-order valence-corrected chi connectivity index (χ2v) is 15.9.